The molecule has 19 heavy (non-hydrogen) atoms. The number of carbonyl (C=O) groups is 1. The van der Waals surface area contributed by atoms with Crippen LogP contribution in [0.25, 0.3) is 0 Å². The third-order valence-corrected chi connectivity index (χ3v) is 4.57. The molecule has 1 saturated heterocycles. The summed E-state index contributed by atoms with van der Waals surface area (Å²) in [6.07, 6.45) is 5.83. The monoisotopic (exact) mass is 266 g/mol. The lowest BCUT2D eigenvalue weighted by Gasteiger charge is -2.56. The second-order valence-corrected chi connectivity index (χ2v) is 6.51. The molecule has 2 aliphatic rings. The Labute approximate surface area is 116 Å². The SMILES string of the molecule is CC(C)=CCCCOC1C(=O)C(C)(C)C12CCCO2. The lowest BCUT2D eigenvalue weighted by atomic mass is 9.54. The van der Waals surface area contributed by atoms with E-state index in [4.69, 9.17) is 9.47 Å². The molecule has 0 N–H and O–H groups in total. The number of allylic oxidation sites excluding steroid dienone is 2. The van der Waals surface area contributed by atoms with Crippen LogP contribution in [0.2, 0.25) is 0 Å². The van der Waals surface area contributed by atoms with Crippen molar-refractivity contribution >= 4 is 5.78 Å². The van der Waals surface area contributed by atoms with Crippen LogP contribution >= 0.6 is 0 Å². The molecule has 0 amide bonds. The van der Waals surface area contributed by atoms with E-state index in [0.717, 1.165) is 32.3 Å². The summed E-state index contributed by atoms with van der Waals surface area (Å²) in [4.78, 5) is 12.2. The minimum atomic E-state index is -0.381. The molecule has 108 valence electrons. The number of carbonyl (C=O) groups excluding carboxylic acids is 1. The summed E-state index contributed by atoms with van der Waals surface area (Å²) in [7, 11) is 0. The summed E-state index contributed by atoms with van der Waals surface area (Å²) in [6.45, 7) is 9.57. The first-order valence-corrected chi connectivity index (χ1v) is 7.35. The van der Waals surface area contributed by atoms with Crippen molar-refractivity contribution in [2.75, 3.05) is 13.2 Å². The second kappa shape index (κ2) is 5.37. The van der Waals surface area contributed by atoms with Crippen LogP contribution in [-0.2, 0) is 14.3 Å². The van der Waals surface area contributed by atoms with Gasteiger partial charge in [-0.3, -0.25) is 4.79 Å². The van der Waals surface area contributed by atoms with Crippen molar-refractivity contribution in [2.24, 2.45) is 5.41 Å². The predicted octanol–water partition coefficient (Wildman–Crippen LogP) is 3.28. The molecule has 1 saturated carbocycles. The third-order valence-electron chi connectivity index (χ3n) is 4.57. The summed E-state index contributed by atoms with van der Waals surface area (Å²) in [6, 6.07) is 0. The van der Waals surface area contributed by atoms with Crippen molar-refractivity contribution in [1.29, 1.82) is 0 Å². The van der Waals surface area contributed by atoms with Gasteiger partial charge in [0.1, 0.15) is 11.7 Å². The molecule has 2 unspecified atom stereocenters. The van der Waals surface area contributed by atoms with Gasteiger partial charge in [0.25, 0.3) is 0 Å². The minimum Gasteiger partial charge on any atom is -0.371 e. The maximum absolute atomic E-state index is 12.2. The minimum absolute atomic E-state index is 0.205. The molecule has 1 spiro atoms. The molecule has 3 heteroatoms. The lowest BCUT2D eigenvalue weighted by Crippen LogP contribution is -2.73. The van der Waals surface area contributed by atoms with Gasteiger partial charge in [-0.1, -0.05) is 11.6 Å². The highest BCUT2D eigenvalue weighted by molar-refractivity contribution is 5.98. The van der Waals surface area contributed by atoms with Gasteiger partial charge in [0, 0.05) is 13.2 Å². The van der Waals surface area contributed by atoms with Gasteiger partial charge >= 0.3 is 0 Å². The van der Waals surface area contributed by atoms with Crippen LogP contribution in [0.3, 0.4) is 0 Å². The smallest absolute Gasteiger partial charge is 0.173 e. The molecule has 3 nitrogen and oxygen atoms in total. The Morgan fingerprint density at radius 1 is 1.47 bits per heavy atom. The fourth-order valence-electron chi connectivity index (χ4n) is 3.24. The van der Waals surface area contributed by atoms with Gasteiger partial charge in [-0.2, -0.15) is 0 Å². The van der Waals surface area contributed by atoms with Crippen LogP contribution in [0.5, 0.6) is 0 Å². The maximum atomic E-state index is 12.2. The highest BCUT2D eigenvalue weighted by Crippen LogP contribution is 2.55. The van der Waals surface area contributed by atoms with Gasteiger partial charge in [-0.15, -0.1) is 0 Å². The van der Waals surface area contributed by atoms with Crippen LogP contribution in [0, 0.1) is 5.41 Å². The quantitative estimate of drug-likeness (QED) is 0.566. The molecule has 0 radical (unpaired) electrons. The zero-order valence-corrected chi connectivity index (χ0v) is 12.6. The molecule has 2 fully saturated rings. The van der Waals surface area contributed by atoms with Crippen LogP contribution in [0.1, 0.15) is 53.4 Å². The summed E-state index contributed by atoms with van der Waals surface area (Å²) in [5, 5.41) is 0. The highest BCUT2D eigenvalue weighted by Gasteiger charge is 2.70. The van der Waals surface area contributed by atoms with E-state index in [2.05, 4.69) is 19.9 Å². The largest absolute Gasteiger partial charge is 0.371 e. The van der Waals surface area contributed by atoms with E-state index in [-0.39, 0.29) is 22.9 Å². The Morgan fingerprint density at radius 3 is 2.79 bits per heavy atom. The molecule has 0 bridgehead atoms. The third kappa shape index (κ3) is 2.38. The van der Waals surface area contributed by atoms with E-state index in [9.17, 15) is 4.79 Å². The highest BCUT2D eigenvalue weighted by atomic mass is 16.6. The molecule has 0 aromatic heterocycles. The topological polar surface area (TPSA) is 35.5 Å². The predicted molar refractivity (Wildman–Crippen MR) is 75.1 cm³/mol. The normalized spacial score (nSPS) is 32.4. The first kappa shape index (κ1) is 14.7. The van der Waals surface area contributed by atoms with Crippen molar-refractivity contribution in [3.63, 3.8) is 0 Å². The van der Waals surface area contributed by atoms with Gasteiger partial charge in [0.15, 0.2) is 5.78 Å². The zero-order valence-electron chi connectivity index (χ0n) is 12.6. The van der Waals surface area contributed by atoms with E-state index in [0.29, 0.717) is 6.61 Å². The average Bonchev–Trinajstić information content (AvgIpc) is 2.84. The van der Waals surface area contributed by atoms with E-state index in [1.807, 2.05) is 13.8 Å². The Bertz CT molecular complexity index is 371. The van der Waals surface area contributed by atoms with Gasteiger partial charge < -0.3 is 9.47 Å². The molecule has 0 aromatic carbocycles. The number of Topliss-reactive ketones (excluding diaryl/α,β-unsaturated/α-hetero) is 1. The number of ketones is 1. The number of rotatable bonds is 5. The van der Waals surface area contributed by atoms with Crippen LogP contribution < -0.4 is 0 Å². The number of ether oxygens (including phenoxy) is 2. The summed E-state index contributed by atoms with van der Waals surface area (Å²) >= 11 is 0. The first-order valence-electron chi connectivity index (χ1n) is 7.35. The van der Waals surface area contributed by atoms with Gasteiger partial charge in [-0.05, 0) is 53.4 Å². The van der Waals surface area contributed by atoms with Crippen LogP contribution in [0.15, 0.2) is 11.6 Å². The summed E-state index contributed by atoms with van der Waals surface area (Å²) in [5.41, 5.74) is 0.603. The number of hydrogen-bond acceptors (Lipinski definition) is 3. The first-order chi connectivity index (χ1) is 8.92. The molecule has 1 aliphatic heterocycles. The summed E-state index contributed by atoms with van der Waals surface area (Å²) in [5.74, 6) is 0.205. The fraction of sp³-hybridized carbons (Fsp3) is 0.812. The Kier molecular flexibility index (Phi) is 4.17. The van der Waals surface area contributed by atoms with Crippen LogP contribution in [0.4, 0.5) is 0 Å². The molecule has 1 aliphatic carbocycles. The standard InChI is InChI=1S/C16H26O3/c1-12(2)8-5-6-10-18-14-13(17)15(3,4)16(14)9-7-11-19-16/h8,14H,5-7,9-11H2,1-4H3. The van der Waals surface area contributed by atoms with Crippen molar-refractivity contribution in [3.8, 4) is 0 Å². The van der Waals surface area contributed by atoms with Crippen molar-refractivity contribution in [1.82, 2.24) is 0 Å². The van der Waals surface area contributed by atoms with Crippen LogP contribution in [-0.4, -0.2) is 30.7 Å². The Hall–Kier alpha value is -0.670. The maximum Gasteiger partial charge on any atom is 0.173 e. The van der Waals surface area contributed by atoms with Gasteiger partial charge in [0.2, 0.25) is 0 Å². The molecule has 1 heterocycles. The number of hydrogen-bond donors (Lipinski definition) is 0. The lowest BCUT2D eigenvalue weighted by molar-refractivity contribution is -0.232. The van der Waals surface area contributed by atoms with E-state index in [1.165, 1.54) is 5.57 Å². The van der Waals surface area contributed by atoms with Gasteiger partial charge in [-0.25, -0.2) is 0 Å². The Balaban J connectivity index is 1.86. The average molecular weight is 266 g/mol. The van der Waals surface area contributed by atoms with E-state index >= 15 is 0 Å². The zero-order chi connectivity index (χ0) is 14.1. The Morgan fingerprint density at radius 2 is 2.21 bits per heavy atom. The fourth-order valence-corrected chi connectivity index (χ4v) is 3.24. The molecule has 0 aromatic rings. The van der Waals surface area contributed by atoms with E-state index in [1.54, 1.807) is 0 Å². The molecular formula is C16H26O3. The molecular weight excluding hydrogens is 240 g/mol. The van der Waals surface area contributed by atoms with Gasteiger partial charge in [0.05, 0.1) is 5.41 Å². The molecule has 2 atom stereocenters. The second-order valence-electron chi connectivity index (χ2n) is 6.51. The van der Waals surface area contributed by atoms with E-state index < -0.39 is 0 Å². The van der Waals surface area contributed by atoms with Crippen molar-refractivity contribution in [2.45, 2.75) is 65.1 Å². The summed E-state index contributed by atoms with van der Waals surface area (Å²) < 4.78 is 11.8. The molecule has 2 rings (SSSR count). The number of unbranched alkanes of at least 4 members (excludes halogenated alkanes) is 1. The van der Waals surface area contributed by atoms with Crippen molar-refractivity contribution in [3.05, 3.63) is 11.6 Å². The van der Waals surface area contributed by atoms with Crippen molar-refractivity contribution < 1.29 is 14.3 Å².